The molecule has 1 aliphatic rings. The van der Waals surface area contributed by atoms with Gasteiger partial charge in [-0.1, -0.05) is 18.2 Å². The van der Waals surface area contributed by atoms with Gasteiger partial charge in [-0.2, -0.15) is 13.2 Å². The third-order valence-corrected chi connectivity index (χ3v) is 4.44. The number of halogens is 3. The number of ether oxygens (including phenoxy) is 1. The highest BCUT2D eigenvalue weighted by Crippen LogP contribution is 2.18. The number of aromatic nitrogens is 1. The molecule has 0 bridgehead atoms. The van der Waals surface area contributed by atoms with Gasteiger partial charge in [-0.25, -0.2) is 4.98 Å². The largest absolute Gasteiger partial charge is 0.411 e. The van der Waals surface area contributed by atoms with Gasteiger partial charge in [-0.15, -0.1) is 0 Å². The first kappa shape index (κ1) is 20.1. The summed E-state index contributed by atoms with van der Waals surface area (Å²) in [6, 6.07) is 10.2. The van der Waals surface area contributed by atoms with E-state index >= 15 is 0 Å². The molecule has 1 N–H and O–H groups in total. The van der Waals surface area contributed by atoms with E-state index in [0.29, 0.717) is 17.7 Å². The highest BCUT2D eigenvalue weighted by Gasteiger charge is 2.27. The molecule has 0 radical (unpaired) electrons. The topological polar surface area (TPSA) is 54.5 Å². The second kappa shape index (κ2) is 9.05. The Kier molecular flexibility index (Phi) is 6.51. The number of carbonyl (C=O) groups excluding carboxylic acids is 1. The highest BCUT2D eigenvalue weighted by atomic mass is 19.4. The van der Waals surface area contributed by atoms with Gasteiger partial charge in [0.15, 0.2) is 0 Å². The first-order valence-electron chi connectivity index (χ1n) is 9.12. The van der Waals surface area contributed by atoms with Crippen LogP contribution in [0.1, 0.15) is 34.3 Å². The number of pyridine rings is 1. The number of rotatable bonds is 7. The molecular weight excluding hydrogens is 371 g/mol. The minimum absolute atomic E-state index is 0.156. The van der Waals surface area contributed by atoms with Crippen molar-refractivity contribution in [2.75, 3.05) is 24.6 Å². The van der Waals surface area contributed by atoms with Crippen molar-refractivity contribution in [2.24, 2.45) is 0 Å². The van der Waals surface area contributed by atoms with Crippen LogP contribution in [-0.4, -0.2) is 36.8 Å². The molecule has 3 rings (SSSR count). The van der Waals surface area contributed by atoms with Gasteiger partial charge in [0, 0.05) is 31.4 Å². The zero-order valence-electron chi connectivity index (χ0n) is 15.3. The molecule has 1 aliphatic heterocycles. The summed E-state index contributed by atoms with van der Waals surface area (Å²) < 4.78 is 40.8. The zero-order chi connectivity index (χ0) is 20.0. The van der Waals surface area contributed by atoms with Crippen molar-refractivity contribution >= 4 is 11.7 Å². The number of anilines is 1. The highest BCUT2D eigenvalue weighted by molar-refractivity contribution is 5.94. The Morgan fingerprint density at radius 3 is 2.36 bits per heavy atom. The molecule has 1 saturated heterocycles. The van der Waals surface area contributed by atoms with Crippen molar-refractivity contribution in [2.45, 2.75) is 32.2 Å². The minimum Gasteiger partial charge on any atom is -0.367 e. The predicted molar refractivity (Wildman–Crippen MR) is 99.0 cm³/mol. The Labute approximate surface area is 161 Å². The Morgan fingerprint density at radius 2 is 1.75 bits per heavy atom. The van der Waals surface area contributed by atoms with Crippen LogP contribution in [0.15, 0.2) is 42.6 Å². The van der Waals surface area contributed by atoms with E-state index in [1.54, 1.807) is 30.5 Å². The van der Waals surface area contributed by atoms with E-state index in [-0.39, 0.29) is 12.5 Å². The summed E-state index contributed by atoms with van der Waals surface area (Å²) in [6.45, 7) is 0.958. The van der Waals surface area contributed by atoms with Gasteiger partial charge >= 0.3 is 6.18 Å². The van der Waals surface area contributed by atoms with E-state index in [2.05, 4.69) is 19.9 Å². The fraction of sp³-hybridized carbons (Fsp3) is 0.400. The van der Waals surface area contributed by atoms with Gasteiger partial charge in [0.1, 0.15) is 12.4 Å². The summed E-state index contributed by atoms with van der Waals surface area (Å²) in [5.74, 6) is 0.697. The summed E-state index contributed by atoms with van der Waals surface area (Å²) in [4.78, 5) is 18.9. The standard InChI is InChI=1S/C20H22F3N3O2/c21-20(22,23)14-28-13-15-3-6-17(7-4-15)19(27)25-12-16-5-8-18(24-11-16)26-9-1-2-10-26/h3-8,11H,1-2,9-10,12-14H2,(H,25,27). The molecule has 2 aromatic rings. The number of hydrogen-bond acceptors (Lipinski definition) is 4. The molecule has 28 heavy (non-hydrogen) atoms. The number of nitrogens with one attached hydrogen (secondary N) is 1. The van der Waals surface area contributed by atoms with E-state index in [1.807, 2.05) is 12.1 Å². The Morgan fingerprint density at radius 1 is 1.07 bits per heavy atom. The average Bonchev–Trinajstić information content (AvgIpc) is 3.21. The Bertz CT molecular complexity index is 771. The molecule has 1 aromatic carbocycles. The monoisotopic (exact) mass is 393 g/mol. The minimum atomic E-state index is -4.35. The SMILES string of the molecule is O=C(NCc1ccc(N2CCCC2)nc1)c1ccc(COCC(F)(F)F)cc1. The number of alkyl halides is 3. The number of nitrogens with zero attached hydrogens (tertiary/aromatic N) is 2. The smallest absolute Gasteiger partial charge is 0.367 e. The lowest BCUT2D eigenvalue weighted by Gasteiger charge is -2.16. The first-order valence-corrected chi connectivity index (χ1v) is 9.12. The van der Waals surface area contributed by atoms with E-state index in [1.165, 1.54) is 12.8 Å². The molecular formula is C20H22F3N3O2. The van der Waals surface area contributed by atoms with Crippen LogP contribution in [0.3, 0.4) is 0 Å². The summed E-state index contributed by atoms with van der Waals surface area (Å²) in [7, 11) is 0. The van der Waals surface area contributed by atoms with Gasteiger partial charge < -0.3 is 15.0 Å². The Balaban J connectivity index is 1.46. The van der Waals surface area contributed by atoms with Gasteiger partial charge in [-0.05, 0) is 42.2 Å². The quantitative estimate of drug-likeness (QED) is 0.780. The molecule has 8 heteroatoms. The molecule has 1 aromatic heterocycles. The van der Waals surface area contributed by atoms with Crippen LogP contribution < -0.4 is 10.2 Å². The normalized spacial score (nSPS) is 14.3. The van der Waals surface area contributed by atoms with E-state index < -0.39 is 12.8 Å². The molecule has 0 aliphatic carbocycles. The van der Waals surface area contributed by atoms with Crippen LogP contribution in [-0.2, 0) is 17.9 Å². The molecule has 0 atom stereocenters. The van der Waals surface area contributed by atoms with Crippen LogP contribution in [0.5, 0.6) is 0 Å². The van der Waals surface area contributed by atoms with Crippen molar-refractivity contribution in [3.63, 3.8) is 0 Å². The molecule has 5 nitrogen and oxygen atoms in total. The fourth-order valence-electron chi connectivity index (χ4n) is 2.98. The third-order valence-electron chi connectivity index (χ3n) is 4.44. The summed E-state index contributed by atoms with van der Waals surface area (Å²) in [5, 5.41) is 2.81. The summed E-state index contributed by atoms with van der Waals surface area (Å²) in [5.41, 5.74) is 1.90. The first-order chi connectivity index (χ1) is 13.4. The van der Waals surface area contributed by atoms with Gasteiger partial charge in [0.2, 0.25) is 0 Å². The number of carbonyl (C=O) groups is 1. The molecule has 0 spiro atoms. The van der Waals surface area contributed by atoms with Crippen LogP contribution in [0.4, 0.5) is 19.0 Å². The fourth-order valence-corrected chi connectivity index (χ4v) is 2.98. The summed E-state index contributed by atoms with van der Waals surface area (Å²) in [6.07, 6.45) is -0.212. The van der Waals surface area contributed by atoms with Crippen LogP contribution in [0.2, 0.25) is 0 Å². The van der Waals surface area contributed by atoms with Crippen molar-refractivity contribution in [1.29, 1.82) is 0 Å². The molecule has 1 amide bonds. The molecule has 1 fully saturated rings. The molecule has 0 saturated carbocycles. The van der Waals surface area contributed by atoms with Crippen LogP contribution >= 0.6 is 0 Å². The van der Waals surface area contributed by atoms with Crippen molar-refractivity contribution < 1.29 is 22.7 Å². The van der Waals surface area contributed by atoms with Crippen molar-refractivity contribution in [1.82, 2.24) is 10.3 Å². The number of benzene rings is 1. The van der Waals surface area contributed by atoms with Gasteiger partial charge in [0.05, 0.1) is 6.61 Å². The number of amides is 1. The van der Waals surface area contributed by atoms with Crippen LogP contribution in [0.25, 0.3) is 0 Å². The third kappa shape index (κ3) is 5.95. The molecule has 2 heterocycles. The maximum absolute atomic E-state index is 12.2. The lowest BCUT2D eigenvalue weighted by molar-refractivity contribution is -0.176. The van der Waals surface area contributed by atoms with E-state index in [4.69, 9.17) is 0 Å². The predicted octanol–water partition coefficient (Wildman–Crippen LogP) is 3.69. The Hall–Kier alpha value is -2.61. The van der Waals surface area contributed by atoms with Crippen molar-refractivity contribution in [3.8, 4) is 0 Å². The summed E-state index contributed by atoms with van der Waals surface area (Å²) >= 11 is 0. The van der Waals surface area contributed by atoms with Crippen LogP contribution in [0, 0.1) is 0 Å². The maximum Gasteiger partial charge on any atom is 0.411 e. The average molecular weight is 393 g/mol. The lowest BCUT2D eigenvalue weighted by atomic mass is 10.1. The maximum atomic E-state index is 12.2. The molecule has 0 unspecified atom stereocenters. The number of hydrogen-bond donors (Lipinski definition) is 1. The lowest BCUT2D eigenvalue weighted by Crippen LogP contribution is -2.23. The van der Waals surface area contributed by atoms with Gasteiger partial charge in [0.25, 0.3) is 5.91 Å². The second-order valence-electron chi connectivity index (χ2n) is 6.71. The molecule has 150 valence electrons. The second-order valence-corrected chi connectivity index (χ2v) is 6.71. The zero-order valence-corrected chi connectivity index (χ0v) is 15.3. The van der Waals surface area contributed by atoms with Gasteiger partial charge in [-0.3, -0.25) is 4.79 Å². The van der Waals surface area contributed by atoms with Crippen molar-refractivity contribution in [3.05, 3.63) is 59.3 Å². The van der Waals surface area contributed by atoms with E-state index in [9.17, 15) is 18.0 Å². The van der Waals surface area contributed by atoms with E-state index in [0.717, 1.165) is 24.5 Å².